The van der Waals surface area contributed by atoms with E-state index in [1.807, 2.05) is 0 Å². The summed E-state index contributed by atoms with van der Waals surface area (Å²) in [6.45, 7) is 0.0561. The highest BCUT2D eigenvalue weighted by atomic mass is 79.9. The number of aromatic amines is 1. The maximum atomic E-state index is 12.9. The molecule has 0 saturated carbocycles. The molecule has 0 aliphatic carbocycles. The van der Waals surface area contributed by atoms with E-state index in [-0.39, 0.29) is 22.9 Å². The van der Waals surface area contributed by atoms with E-state index in [4.69, 9.17) is 17.3 Å². The van der Waals surface area contributed by atoms with Gasteiger partial charge in [0.1, 0.15) is 16.3 Å². The number of hydrogen-bond donors (Lipinski definition) is 3. The molecule has 1 amide bonds. The van der Waals surface area contributed by atoms with Crippen molar-refractivity contribution in [2.24, 2.45) is 5.73 Å². The third-order valence-electron chi connectivity index (χ3n) is 4.10. The lowest BCUT2D eigenvalue weighted by molar-refractivity contribution is 0.0993. The van der Waals surface area contributed by atoms with Gasteiger partial charge in [0.2, 0.25) is 10.0 Å². The van der Waals surface area contributed by atoms with Gasteiger partial charge < -0.3 is 15.3 Å². The minimum Gasteiger partial charge on any atom is -0.611 e. The molecule has 7 nitrogen and oxygen atoms in total. The second kappa shape index (κ2) is 9.07. The number of hydrogen-bond acceptors (Lipinski definition) is 4. The topological polar surface area (TPSA) is 128 Å². The van der Waals surface area contributed by atoms with E-state index in [2.05, 4.69) is 25.6 Å². The van der Waals surface area contributed by atoms with Crippen LogP contribution in [0.15, 0.2) is 56.7 Å². The lowest BCUT2D eigenvalue weighted by atomic mass is 10.2. The molecular weight excluding hydrogens is 502 g/mol. The fraction of sp³-hybridized carbons (Fsp3) is 0.167. The summed E-state index contributed by atoms with van der Waals surface area (Å²) in [5.41, 5.74) is 5.65. The Kier molecular flexibility index (Phi) is 6.92. The first-order valence-electron chi connectivity index (χ1n) is 8.43. The van der Waals surface area contributed by atoms with Gasteiger partial charge in [0.25, 0.3) is 5.91 Å². The summed E-state index contributed by atoms with van der Waals surface area (Å²) >= 11 is 7.84. The normalized spacial score (nSPS) is 12.9. The van der Waals surface area contributed by atoms with Gasteiger partial charge in [-0.2, -0.15) is 0 Å². The van der Waals surface area contributed by atoms with Gasteiger partial charge in [-0.1, -0.05) is 27.5 Å². The Morgan fingerprint density at radius 1 is 1.24 bits per heavy atom. The molecule has 0 aliphatic heterocycles. The summed E-state index contributed by atoms with van der Waals surface area (Å²) in [6, 6.07) is 11.6. The minimum atomic E-state index is -4.02. The molecule has 3 rings (SSSR count). The van der Waals surface area contributed by atoms with Crippen molar-refractivity contribution in [3.63, 3.8) is 0 Å². The van der Waals surface area contributed by atoms with Gasteiger partial charge in [0, 0.05) is 33.4 Å². The molecule has 1 heterocycles. The Morgan fingerprint density at radius 2 is 1.93 bits per heavy atom. The number of carbonyl (C=O) groups excluding carboxylic acids is 1. The van der Waals surface area contributed by atoms with Gasteiger partial charge >= 0.3 is 0 Å². The number of carbonyl (C=O) groups is 1. The van der Waals surface area contributed by atoms with Crippen LogP contribution in [0.5, 0.6) is 0 Å². The molecule has 0 aliphatic rings. The molecule has 0 spiro atoms. The quantitative estimate of drug-likeness (QED) is 0.312. The smallest absolute Gasteiger partial charge is 0.266 e. The molecule has 0 bridgehead atoms. The number of fused-ring (bicyclic) bond motifs is 1. The van der Waals surface area contributed by atoms with Crippen LogP contribution in [0.1, 0.15) is 16.9 Å². The van der Waals surface area contributed by atoms with E-state index < -0.39 is 27.1 Å². The summed E-state index contributed by atoms with van der Waals surface area (Å²) in [6.07, 6.45) is 0.340. The minimum absolute atomic E-state index is 0.0561. The summed E-state index contributed by atoms with van der Waals surface area (Å²) < 4.78 is 41.1. The fourth-order valence-electron chi connectivity index (χ4n) is 2.78. The maximum Gasteiger partial charge on any atom is 0.266 e. The third-order valence-corrected chi connectivity index (χ3v) is 7.85. The highest BCUT2D eigenvalue weighted by molar-refractivity contribution is 9.10. The average molecular weight is 519 g/mol. The van der Waals surface area contributed by atoms with Crippen LogP contribution in [0, 0.1) is 0 Å². The number of H-pyrrole nitrogens is 1. The van der Waals surface area contributed by atoms with Crippen LogP contribution in [0.3, 0.4) is 0 Å². The number of amides is 1. The first-order valence-corrected chi connectivity index (χ1v) is 12.4. The molecule has 4 N–H and O–H groups in total. The van der Waals surface area contributed by atoms with Gasteiger partial charge in [0.15, 0.2) is 4.90 Å². The third kappa shape index (κ3) is 5.14. The summed E-state index contributed by atoms with van der Waals surface area (Å²) in [4.78, 5) is 14.9. The number of rotatable bonds is 8. The largest absolute Gasteiger partial charge is 0.611 e. The van der Waals surface area contributed by atoms with E-state index in [1.54, 1.807) is 42.5 Å². The van der Waals surface area contributed by atoms with Crippen LogP contribution in [0.4, 0.5) is 0 Å². The number of nitrogens with two attached hydrogens (primary N) is 1. The van der Waals surface area contributed by atoms with Gasteiger partial charge in [-0.15, -0.1) is 0 Å². The van der Waals surface area contributed by atoms with Crippen molar-refractivity contribution >= 4 is 65.5 Å². The Morgan fingerprint density at radius 3 is 2.59 bits per heavy atom. The van der Waals surface area contributed by atoms with Crippen molar-refractivity contribution in [3.8, 4) is 0 Å². The second-order valence-corrected chi connectivity index (χ2v) is 10.8. The molecule has 1 atom stereocenters. The van der Waals surface area contributed by atoms with Crippen LogP contribution >= 0.6 is 27.5 Å². The maximum absolute atomic E-state index is 12.9. The number of aromatic nitrogens is 1. The molecule has 29 heavy (non-hydrogen) atoms. The number of halogens is 2. The molecule has 0 fully saturated rings. The van der Waals surface area contributed by atoms with Gasteiger partial charge in [-0.25, -0.2) is 13.1 Å². The lowest BCUT2D eigenvalue weighted by Crippen LogP contribution is -2.28. The molecule has 1 aromatic heterocycles. The molecule has 11 heteroatoms. The molecule has 0 saturated heterocycles. The molecule has 2 aromatic carbocycles. The Balaban J connectivity index is 1.73. The zero-order valence-electron chi connectivity index (χ0n) is 14.9. The Labute approximate surface area is 184 Å². The van der Waals surface area contributed by atoms with Crippen LogP contribution in [-0.4, -0.2) is 36.2 Å². The Bertz CT molecular complexity index is 1150. The van der Waals surface area contributed by atoms with Gasteiger partial charge in [0.05, 0.1) is 0 Å². The van der Waals surface area contributed by atoms with Crippen molar-refractivity contribution in [3.05, 3.63) is 57.7 Å². The van der Waals surface area contributed by atoms with Crippen molar-refractivity contribution in [2.75, 3.05) is 12.3 Å². The predicted molar refractivity (Wildman–Crippen MR) is 117 cm³/mol. The first kappa shape index (κ1) is 22.1. The highest BCUT2D eigenvalue weighted by Crippen LogP contribution is 2.29. The van der Waals surface area contributed by atoms with E-state index in [9.17, 15) is 17.8 Å². The summed E-state index contributed by atoms with van der Waals surface area (Å²) in [5, 5.41) is 0.902. The van der Waals surface area contributed by atoms with Crippen molar-refractivity contribution < 1.29 is 17.8 Å². The average Bonchev–Trinajstić information content (AvgIpc) is 3.05. The van der Waals surface area contributed by atoms with Crippen LogP contribution in [0.2, 0.25) is 5.02 Å². The van der Waals surface area contributed by atoms with Crippen LogP contribution in [-0.2, 0) is 21.2 Å². The fourth-order valence-corrected chi connectivity index (χ4v) is 5.78. The SMILES string of the molecule is NC(=O)c1[nH]c2ccc(Br)cc2c1S(=O)(=O)NCCC[S+]([O-])c1ccc(Cl)cc1. The number of sulfonamides is 1. The van der Waals surface area contributed by atoms with Crippen molar-refractivity contribution in [1.29, 1.82) is 0 Å². The molecule has 0 radical (unpaired) electrons. The standard InChI is InChI=1S/C18H17BrClN3O4S2/c19-11-2-7-15-14(10-11)17(16(23-15)18(21)24)29(26,27)22-8-1-9-28(25)13-5-3-12(20)4-6-13/h2-7,10,22-23H,1,8-9H2,(H2,21,24). The zero-order chi connectivity index (χ0) is 21.2. The lowest BCUT2D eigenvalue weighted by Gasteiger charge is -2.11. The predicted octanol–water partition coefficient (Wildman–Crippen LogP) is 3.16. The van der Waals surface area contributed by atoms with Gasteiger partial charge in [-0.3, -0.25) is 4.79 Å². The van der Waals surface area contributed by atoms with Crippen LogP contribution in [0.25, 0.3) is 10.9 Å². The summed E-state index contributed by atoms with van der Waals surface area (Å²) in [5.74, 6) is -0.603. The first-order chi connectivity index (χ1) is 13.7. The number of nitrogens with one attached hydrogen (secondary N) is 2. The van der Waals surface area contributed by atoms with Crippen LogP contribution < -0.4 is 10.5 Å². The zero-order valence-corrected chi connectivity index (χ0v) is 18.9. The van der Waals surface area contributed by atoms with E-state index >= 15 is 0 Å². The van der Waals surface area contributed by atoms with E-state index in [0.29, 0.717) is 31.7 Å². The molecule has 1 unspecified atom stereocenters. The highest BCUT2D eigenvalue weighted by Gasteiger charge is 2.27. The van der Waals surface area contributed by atoms with E-state index in [1.165, 1.54) is 0 Å². The second-order valence-electron chi connectivity index (χ2n) is 6.14. The number of primary amides is 1. The summed E-state index contributed by atoms with van der Waals surface area (Å²) in [7, 11) is -4.02. The Hall–Kier alpha value is -1.56. The molecule has 154 valence electrons. The monoisotopic (exact) mass is 517 g/mol. The van der Waals surface area contributed by atoms with E-state index in [0.717, 1.165) is 0 Å². The van der Waals surface area contributed by atoms with Crippen molar-refractivity contribution in [1.82, 2.24) is 9.71 Å². The van der Waals surface area contributed by atoms with Crippen molar-refractivity contribution in [2.45, 2.75) is 16.2 Å². The number of benzene rings is 2. The molecule has 3 aromatic rings. The molecular formula is C18H17BrClN3O4S2. The van der Waals surface area contributed by atoms with Gasteiger partial charge in [-0.05, 0) is 53.6 Å².